The molecule has 3 aromatic rings. The number of aryl methyl sites for hydroxylation is 2. The minimum atomic E-state index is -0.366. The fourth-order valence-corrected chi connectivity index (χ4v) is 2.81. The predicted octanol–water partition coefficient (Wildman–Crippen LogP) is 4.15. The van der Waals surface area contributed by atoms with Crippen LogP contribution in [0.1, 0.15) is 27.4 Å². The Hall–Kier alpha value is -2.57. The molecule has 0 unspecified atom stereocenters. The first-order valence-corrected chi connectivity index (χ1v) is 8.12. The van der Waals surface area contributed by atoms with E-state index in [1.165, 1.54) is 17.2 Å². The maximum Gasteiger partial charge on any atom is 0.274 e. The van der Waals surface area contributed by atoms with Crippen molar-refractivity contribution in [2.45, 2.75) is 13.8 Å². The number of hydrazone groups is 1. The van der Waals surface area contributed by atoms with Gasteiger partial charge in [0.15, 0.2) is 0 Å². The van der Waals surface area contributed by atoms with Crippen LogP contribution in [0.2, 0.25) is 10.2 Å². The Morgan fingerprint density at radius 2 is 2.04 bits per heavy atom. The molecular weight excluding hydrogens is 363 g/mol. The second kappa shape index (κ2) is 7.13. The molecule has 0 aliphatic rings. The van der Waals surface area contributed by atoms with Crippen molar-refractivity contribution in [2.75, 3.05) is 0 Å². The van der Waals surface area contributed by atoms with Gasteiger partial charge in [-0.3, -0.25) is 4.79 Å². The van der Waals surface area contributed by atoms with Gasteiger partial charge in [-0.2, -0.15) is 10.2 Å². The van der Waals surface area contributed by atoms with E-state index in [0.29, 0.717) is 38.4 Å². The molecule has 0 saturated heterocycles. The zero-order valence-corrected chi connectivity index (χ0v) is 15.0. The van der Waals surface area contributed by atoms with E-state index in [9.17, 15) is 4.79 Å². The molecule has 0 aliphatic heterocycles. The monoisotopic (exact) mass is 376 g/mol. The average molecular weight is 377 g/mol. The van der Waals surface area contributed by atoms with Gasteiger partial charge in [0.05, 0.1) is 40.0 Å². The van der Waals surface area contributed by atoms with Crippen molar-refractivity contribution in [2.24, 2.45) is 5.10 Å². The first-order chi connectivity index (χ1) is 12.0. The smallest absolute Gasteiger partial charge is 0.274 e. The van der Waals surface area contributed by atoms with Gasteiger partial charge >= 0.3 is 0 Å². The molecule has 2 aromatic heterocycles. The molecule has 0 spiro atoms. The lowest BCUT2D eigenvalue weighted by Crippen LogP contribution is -2.17. The first kappa shape index (κ1) is 17.3. The van der Waals surface area contributed by atoms with Crippen molar-refractivity contribution in [1.82, 2.24) is 15.2 Å². The summed E-state index contributed by atoms with van der Waals surface area (Å²) in [5, 5.41) is 9.21. The number of benzene rings is 1. The van der Waals surface area contributed by atoms with Gasteiger partial charge < -0.3 is 4.42 Å². The number of carbonyl (C=O) groups excluding carboxylic acids is 1. The maximum atomic E-state index is 12.0. The Morgan fingerprint density at radius 3 is 2.72 bits per heavy atom. The lowest BCUT2D eigenvalue weighted by molar-refractivity contribution is 0.0953. The zero-order valence-electron chi connectivity index (χ0n) is 13.5. The molecule has 6 nitrogen and oxygen atoms in total. The number of amides is 1. The van der Waals surface area contributed by atoms with Crippen LogP contribution in [-0.2, 0) is 0 Å². The number of rotatable bonds is 4. The van der Waals surface area contributed by atoms with E-state index in [1.807, 2.05) is 18.2 Å². The summed E-state index contributed by atoms with van der Waals surface area (Å²) in [6.07, 6.45) is 2.90. The number of hydrogen-bond acceptors (Lipinski definition) is 4. The summed E-state index contributed by atoms with van der Waals surface area (Å²) in [4.78, 5) is 12.0. The summed E-state index contributed by atoms with van der Waals surface area (Å²) in [6, 6.07) is 8.81. The summed E-state index contributed by atoms with van der Waals surface area (Å²) in [5.41, 5.74) is 4.77. The minimum absolute atomic E-state index is 0.350. The van der Waals surface area contributed by atoms with Gasteiger partial charge in [0.25, 0.3) is 5.91 Å². The number of halogens is 2. The molecule has 0 aliphatic carbocycles. The van der Waals surface area contributed by atoms with Crippen molar-refractivity contribution >= 4 is 35.3 Å². The number of nitrogens with zero attached hydrogens (tertiary/aromatic N) is 3. The second-order valence-electron chi connectivity index (χ2n) is 5.24. The van der Waals surface area contributed by atoms with Gasteiger partial charge in [0.1, 0.15) is 10.9 Å². The van der Waals surface area contributed by atoms with Crippen LogP contribution in [0.4, 0.5) is 0 Å². The minimum Gasteiger partial charge on any atom is -0.469 e. The summed E-state index contributed by atoms with van der Waals surface area (Å²) < 4.78 is 6.62. The highest BCUT2D eigenvalue weighted by atomic mass is 35.5. The molecule has 1 aromatic carbocycles. The van der Waals surface area contributed by atoms with E-state index < -0.39 is 0 Å². The molecular formula is C17H14Cl2N4O2. The van der Waals surface area contributed by atoms with Crippen LogP contribution in [0.15, 0.2) is 46.1 Å². The predicted molar refractivity (Wildman–Crippen MR) is 96.8 cm³/mol. The Kier molecular flexibility index (Phi) is 4.92. The SMILES string of the molecule is Cc1nn(-c2ccccc2Cl)c(Cl)c1/C=N\NC(=O)c1ccoc1C. The molecule has 128 valence electrons. The lowest BCUT2D eigenvalue weighted by Gasteiger charge is -2.04. The van der Waals surface area contributed by atoms with E-state index in [2.05, 4.69) is 15.6 Å². The summed E-state index contributed by atoms with van der Waals surface area (Å²) in [5.74, 6) is 0.156. The van der Waals surface area contributed by atoms with Gasteiger partial charge in [0.2, 0.25) is 0 Å². The average Bonchev–Trinajstić information content (AvgIpc) is 3.13. The van der Waals surface area contributed by atoms with Crippen molar-refractivity contribution in [3.8, 4) is 5.69 Å². The number of hydrogen-bond donors (Lipinski definition) is 1. The molecule has 1 amide bonds. The Labute approximate surface area is 154 Å². The van der Waals surface area contributed by atoms with Crippen LogP contribution < -0.4 is 5.43 Å². The third kappa shape index (κ3) is 3.45. The van der Waals surface area contributed by atoms with E-state index in [4.69, 9.17) is 27.6 Å². The molecule has 8 heteroatoms. The van der Waals surface area contributed by atoms with E-state index in [0.717, 1.165) is 0 Å². The molecule has 25 heavy (non-hydrogen) atoms. The maximum absolute atomic E-state index is 12.0. The highest BCUT2D eigenvalue weighted by Crippen LogP contribution is 2.26. The number of aromatic nitrogens is 2. The fourth-order valence-electron chi connectivity index (χ4n) is 2.28. The van der Waals surface area contributed by atoms with Crippen molar-refractivity contribution < 1.29 is 9.21 Å². The van der Waals surface area contributed by atoms with E-state index >= 15 is 0 Å². The molecule has 3 rings (SSSR count). The van der Waals surface area contributed by atoms with E-state index in [1.54, 1.807) is 26.0 Å². The Morgan fingerprint density at radius 1 is 1.28 bits per heavy atom. The highest BCUT2D eigenvalue weighted by Gasteiger charge is 2.15. The highest BCUT2D eigenvalue weighted by molar-refractivity contribution is 6.34. The molecule has 0 atom stereocenters. The van der Waals surface area contributed by atoms with Crippen LogP contribution in [0.3, 0.4) is 0 Å². The van der Waals surface area contributed by atoms with Gasteiger partial charge in [-0.15, -0.1) is 0 Å². The van der Waals surface area contributed by atoms with Gasteiger partial charge in [-0.1, -0.05) is 35.3 Å². The summed E-state index contributed by atoms with van der Waals surface area (Å²) in [6.45, 7) is 3.50. The van der Waals surface area contributed by atoms with Crippen LogP contribution in [0.25, 0.3) is 5.69 Å². The molecule has 0 bridgehead atoms. The number of para-hydroxylation sites is 1. The van der Waals surface area contributed by atoms with Crippen LogP contribution in [-0.4, -0.2) is 21.9 Å². The Balaban J connectivity index is 1.83. The van der Waals surface area contributed by atoms with E-state index in [-0.39, 0.29) is 5.91 Å². The van der Waals surface area contributed by atoms with Crippen LogP contribution >= 0.6 is 23.2 Å². The topological polar surface area (TPSA) is 72.4 Å². The quantitative estimate of drug-likeness (QED) is 0.548. The molecule has 0 saturated carbocycles. The fraction of sp³-hybridized carbons (Fsp3) is 0.118. The van der Waals surface area contributed by atoms with Gasteiger partial charge in [-0.05, 0) is 32.0 Å². The number of furan rings is 1. The third-order valence-corrected chi connectivity index (χ3v) is 4.28. The second-order valence-corrected chi connectivity index (χ2v) is 6.01. The lowest BCUT2D eigenvalue weighted by atomic mass is 10.2. The van der Waals surface area contributed by atoms with Crippen LogP contribution in [0.5, 0.6) is 0 Å². The summed E-state index contributed by atoms with van der Waals surface area (Å²) in [7, 11) is 0. The normalized spacial score (nSPS) is 11.2. The molecule has 0 radical (unpaired) electrons. The summed E-state index contributed by atoms with van der Waals surface area (Å²) >= 11 is 12.6. The standard InChI is InChI=1S/C17H14Cl2N4O2/c1-10-13(9-20-21-17(24)12-7-8-25-11(12)2)16(19)23(22-10)15-6-4-3-5-14(15)18/h3-9H,1-2H3,(H,21,24)/b20-9-. The van der Waals surface area contributed by atoms with Gasteiger partial charge in [-0.25, -0.2) is 10.1 Å². The number of nitrogens with one attached hydrogen (secondary N) is 1. The molecule has 1 N–H and O–H groups in total. The first-order valence-electron chi connectivity index (χ1n) is 7.36. The third-order valence-electron chi connectivity index (χ3n) is 3.59. The molecule has 0 fully saturated rings. The number of carbonyl (C=O) groups is 1. The van der Waals surface area contributed by atoms with Crippen molar-refractivity contribution in [1.29, 1.82) is 0 Å². The van der Waals surface area contributed by atoms with Crippen molar-refractivity contribution in [3.63, 3.8) is 0 Å². The zero-order chi connectivity index (χ0) is 18.0. The van der Waals surface area contributed by atoms with Gasteiger partial charge in [0, 0.05) is 0 Å². The largest absolute Gasteiger partial charge is 0.469 e. The van der Waals surface area contributed by atoms with Crippen molar-refractivity contribution in [3.05, 3.63) is 69.4 Å². The molecule has 2 heterocycles. The Bertz CT molecular complexity index is 959. The van der Waals surface area contributed by atoms with Crippen LogP contribution in [0, 0.1) is 13.8 Å².